The highest BCUT2D eigenvalue weighted by Crippen LogP contribution is 2.22. The molecule has 1 aromatic rings. The number of hydrogen-bond donors (Lipinski definition) is 1. The van der Waals surface area contributed by atoms with Gasteiger partial charge in [-0.2, -0.15) is 4.31 Å². The summed E-state index contributed by atoms with van der Waals surface area (Å²) in [7, 11) is -3.60. The number of nitrogens with one attached hydrogen (secondary N) is 1. The molecule has 1 aromatic carbocycles. The van der Waals surface area contributed by atoms with Crippen LogP contribution in [-0.2, 0) is 10.0 Å². The van der Waals surface area contributed by atoms with Crippen molar-refractivity contribution in [2.45, 2.75) is 17.9 Å². The zero-order chi connectivity index (χ0) is 13.3. The highest BCUT2D eigenvalue weighted by molar-refractivity contribution is 9.10. The number of sulfonamides is 1. The Morgan fingerprint density at radius 2 is 2.16 bits per heavy atom. The first-order valence-electron chi connectivity index (χ1n) is 5.60. The fraction of sp³-hybridized carbons (Fsp3) is 0.455. The maximum Gasteiger partial charge on any atom is 0.243 e. The van der Waals surface area contributed by atoms with Crippen LogP contribution in [0, 0.1) is 5.82 Å². The molecule has 1 fully saturated rings. The second kappa shape index (κ2) is 6.49. The van der Waals surface area contributed by atoms with Crippen molar-refractivity contribution in [2.75, 3.05) is 19.6 Å². The van der Waals surface area contributed by atoms with Gasteiger partial charge in [0.2, 0.25) is 10.0 Å². The van der Waals surface area contributed by atoms with E-state index in [1.807, 2.05) is 6.92 Å². The highest BCUT2D eigenvalue weighted by Gasteiger charge is 2.28. The van der Waals surface area contributed by atoms with Gasteiger partial charge in [0.25, 0.3) is 0 Å². The van der Waals surface area contributed by atoms with Gasteiger partial charge >= 0.3 is 0 Å². The first-order chi connectivity index (χ1) is 8.41. The molecular formula is C11H15BrClFN2O2S. The second-order valence-corrected chi connectivity index (χ2v) is 7.09. The number of rotatable bonds is 2. The van der Waals surface area contributed by atoms with Crippen LogP contribution < -0.4 is 5.32 Å². The lowest BCUT2D eigenvalue weighted by atomic mass is 10.3. The summed E-state index contributed by atoms with van der Waals surface area (Å²) in [4.78, 5) is -0.00250. The summed E-state index contributed by atoms with van der Waals surface area (Å²) in [6, 6.07) is 3.98. The molecule has 0 bridgehead atoms. The summed E-state index contributed by atoms with van der Waals surface area (Å²) in [6.07, 6.45) is 0. The summed E-state index contributed by atoms with van der Waals surface area (Å²) in [5.74, 6) is -0.570. The fourth-order valence-corrected chi connectivity index (χ4v) is 3.69. The molecule has 19 heavy (non-hydrogen) atoms. The van der Waals surface area contributed by atoms with E-state index in [1.165, 1.54) is 16.4 Å². The molecule has 0 radical (unpaired) electrons. The molecule has 1 saturated heterocycles. The van der Waals surface area contributed by atoms with Gasteiger partial charge < -0.3 is 5.32 Å². The summed E-state index contributed by atoms with van der Waals surface area (Å²) < 4.78 is 39.7. The first-order valence-corrected chi connectivity index (χ1v) is 7.83. The molecule has 0 amide bonds. The largest absolute Gasteiger partial charge is 0.312 e. The molecule has 1 heterocycles. The zero-order valence-electron chi connectivity index (χ0n) is 10.3. The van der Waals surface area contributed by atoms with Crippen LogP contribution in [-0.4, -0.2) is 38.4 Å². The van der Waals surface area contributed by atoms with Gasteiger partial charge in [0.15, 0.2) is 0 Å². The standard InChI is InChI=1S/C11H14BrFN2O2S.ClH/c1-8-7-15(5-4-14-8)18(16,17)9-2-3-10(12)11(13)6-9;/h2-3,6,8,14H,4-5,7H2,1H3;1H/t8-;/m1./s1. The monoisotopic (exact) mass is 372 g/mol. The van der Waals surface area contributed by atoms with Gasteiger partial charge in [-0.3, -0.25) is 0 Å². The minimum atomic E-state index is -3.60. The van der Waals surface area contributed by atoms with Gasteiger partial charge in [-0.25, -0.2) is 12.8 Å². The third-order valence-electron chi connectivity index (χ3n) is 2.86. The van der Waals surface area contributed by atoms with Gasteiger partial charge in [-0.05, 0) is 41.1 Å². The van der Waals surface area contributed by atoms with Crippen LogP contribution in [0.3, 0.4) is 0 Å². The first kappa shape index (κ1) is 16.8. The topological polar surface area (TPSA) is 49.4 Å². The Bertz CT molecular complexity index is 556. The van der Waals surface area contributed by atoms with E-state index in [-0.39, 0.29) is 27.8 Å². The third kappa shape index (κ3) is 3.66. The van der Waals surface area contributed by atoms with Crippen molar-refractivity contribution in [3.63, 3.8) is 0 Å². The molecule has 2 rings (SSSR count). The van der Waals surface area contributed by atoms with Crippen molar-refractivity contribution < 1.29 is 12.8 Å². The Morgan fingerprint density at radius 1 is 1.47 bits per heavy atom. The molecular weight excluding hydrogens is 359 g/mol. The number of benzene rings is 1. The SMILES string of the molecule is C[C@@H]1CN(S(=O)(=O)c2ccc(Br)c(F)c2)CCN1.Cl. The summed E-state index contributed by atoms with van der Waals surface area (Å²) >= 11 is 3.01. The molecule has 4 nitrogen and oxygen atoms in total. The van der Waals surface area contributed by atoms with Gasteiger partial charge in [0, 0.05) is 25.7 Å². The van der Waals surface area contributed by atoms with Crippen molar-refractivity contribution in [3.05, 3.63) is 28.5 Å². The molecule has 0 aliphatic carbocycles. The summed E-state index contributed by atoms with van der Waals surface area (Å²) in [5.41, 5.74) is 0. The minimum absolute atomic E-state index is 0. The lowest BCUT2D eigenvalue weighted by Gasteiger charge is -2.31. The molecule has 0 spiro atoms. The minimum Gasteiger partial charge on any atom is -0.312 e. The third-order valence-corrected chi connectivity index (χ3v) is 5.36. The molecule has 108 valence electrons. The molecule has 0 unspecified atom stereocenters. The Balaban J connectivity index is 0.00000180. The Labute approximate surface area is 127 Å². The average Bonchev–Trinajstić information content (AvgIpc) is 2.32. The van der Waals surface area contributed by atoms with Crippen LogP contribution in [0.25, 0.3) is 0 Å². The van der Waals surface area contributed by atoms with E-state index in [4.69, 9.17) is 0 Å². The summed E-state index contributed by atoms with van der Waals surface area (Å²) in [6.45, 7) is 3.34. The van der Waals surface area contributed by atoms with Gasteiger partial charge in [-0.15, -0.1) is 12.4 Å². The molecule has 8 heteroatoms. The molecule has 1 N–H and O–H groups in total. The Morgan fingerprint density at radius 3 is 2.74 bits per heavy atom. The number of halogens is 3. The van der Waals surface area contributed by atoms with E-state index < -0.39 is 15.8 Å². The van der Waals surface area contributed by atoms with E-state index >= 15 is 0 Å². The summed E-state index contributed by atoms with van der Waals surface area (Å²) in [5, 5.41) is 3.17. The van der Waals surface area contributed by atoms with E-state index in [0.29, 0.717) is 19.6 Å². The van der Waals surface area contributed by atoms with Crippen LogP contribution in [0.2, 0.25) is 0 Å². The molecule has 0 saturated carbocycles. The van der Waals surface area contributed by atoms with Gasteiger partial charge in [0.1, 0.15) is 5.82 Å². The quantitative estimate of drug-likeness (QED) is 0.862. The van der Waals surface area contributed by atoms with Gasteiger partial charge in [-0.1, -0.05) is 0 Å². The van der Waals surface area contributed by atoms with Gasteiger partial charge in [0.05, 0.1) is 9.37 Å². The lowest BCUT2D eigenvalue weighted by molar-refractivity contribution is 0.310. The van der Waals surface area contributed by atoms with Crippen molar-refractivity contribution in [1.82, 2.24) is 9.62 Å². The maximum absolute atomic E-state index is 13.4. The van der Waals surface area contributed by atoms with E-state index in [1.54, 1.807) is 0 Å². The van der Waals surface area contributed by atoms with Crippen LogP contribution >= 0.6 is 28.3 Å². The molecule has 0 aromatic heterocycles. The smallest absolute Gasteiger partial charge is 0.243 e. The van der Waals surface area contributed by atoms with Crippen LogP contribution in [0.1, 0.15) is 6.92 Å². The van der Waals surface area contributed by atoms with Crippen LogP contribution in [0.15, 0.2) is 27.6 Å². The average molecular weight is 374 g/mol. The molecule has 1 aliphatic rings. The Hall–Kier alpha value is -0.210. The predicted octanol–water partition coefficient (Wildman–Crippen LogP) is 1.99. The zero-order valence-corrected chi connectivity index (χ0v) is 13.5. The number of hydrogen-bond acceptors (Lipinski definition) is 3. The highest BCUT2D eigenvalue weighted by atomic mass is 79.9. The number of nitrogens with zero attached hydrogens (tertiary/aromatic N) is 1. The van der Waals surface area contributed by atoms with Crippen molar-refractivity contribution in [1.29, 1.82) is 0 Å². The predicted molar refractivity (Wildman–Crippen MR) is 77.6 cm³/mol. The molecule has 1 atom stereocenters. The van der Waals surface area contributed by atoms with Crippen molar-refractivity contribution in [3.8, 4) is 0 Å². The van der Waals surface area contributed by atoms with E-state index in [0.717, 1.165) is 6.07 Å². The normalized spacial score (nSPS) is 20.9. The van der Waals surface area contributed by atoms with Crippen molar-refractivity contribution >= 4 is 38.4 Å². The van der Waals surface area contributed by atoms with E-state index in [2.05, 4.69) is 21.2 Å². The Kier molecular flexibility index (Phi) is 5.76. The maximum atomic E-state index is 13.4. The molecule has 1 aliphatic heterocycles. The lowest BCUT2D eigenvalue weighted by Crippen LogP contribution is -2.51. The number of piperazine rings is 1. The van der Waals surface area contributed by atoms with Crippen LogP contribution in [0.4, 0.5) is 4.39 Å². The second-order valence-electron chi connectivity index (χ2n) is 4.29. The fourth-order valence-electron chi connectivity index (χ4n) is 1.90. The van der Waals surface area contributed by atoms with Crippen molar-refractivity contribution in [2.24, 2.45) is 0 Å². The van der Waals surface area contributed by atoms with Crippen LogP contribution in [0.5, 0.6) is 0 Å². The van der Waals surface area contributed by atoms with E-state index in [9.17, 15) is 12.8 Å².